The number of nitrogens with zero attached hydrogens (tertiary/aromatic N) is 1. The van der Waals surface area contributed by atoms with E-state index in [1.54, 1.807) is 0 Å². The van der Waals surface area contributed by atoms with E-state index < -0.39 is 22.0 Å². The van der Waals surface area contributed by atoms with E-state index in [0.29, 0.717) is 6.42 Å². The predicted octanol–water partition coefficient (Wildman–Crippen LogP) is 2.95. The molecule has 0 heterocycles. The number of rotatable bonds is 2. The molecule has 0 amide bonds. The van der Waals surface area contributed by atoms with Gasteiger partial charge in [0.1, 0.15) is 16.1 Å². The predicted molar refractivity (Wildman–Crippen MR) is 58.7 cm³/mol. The van der Waals surface area contributed by atoms with Gasteiger partial charge in [-0.3, -0.25) is 0 Å². The lowest BCUT2D eigenvalue weighted by Gasteiger charge is -2.18. The van der Waals surface area contributed by atoms with Crippen molar-refractivity contribution in [2.45, 2.75) is 50.7 Å². The Kier molecular flexibility index (Phi) is 3.76. The quantitative estimate of drug-likeness (QED) is 0.537. The van der Waals surface area contributed by atoms with Crippen molar-refractivity contribution in [2.75, 3.05) is 0 Å². The normalized spacial score (nSPS) is 28.5. The Bertz CT molecular complexity index is 250. The van der Waals surface area contributed by atoms with E-state index in [0.717, 1.165) is 0 Å². The third kappa shape index (κ3) is 4.07. The molecule has 1 saturated carbocycles. The average molecular weight is 237 g/mol. The molecule has 2 nitrogen and oxygen atoms in total. The van der Waals surface area contributed by atoms with E-state index in [9.17, 15) is 13.3 Å². The summed E-state index contributed by atoms with van der Waals surface area (Å²) < 4.78 is 40.6. The molecule has 0 bridgehead atoms. The Hall–Kier alpha value is -0.160. The molecule has 0 spiro atoms. The second kappa shape index (κ2) is 4.37. The van der Waals surface area contributed by atoms with Gasteiger partial charge >= 0.3 is 0 Å². The molecule has 0 aromatic carbocycles. The molecule has 1 aliphatic carbocycles. The van der Waals surface area contributed by atoms with Gasteiger partial charge in [0.25, 0.3) is 0 Å². The van der Waals surface area contributed by atoms with E-state index in [2.05, 4.69) is 4.40 Å². The van der Waals surface area contributed by atoms with Crippen LogP contribution < -0.4 is 0 Å². The summed E-state index contributed by atoms with van der Waals surface area (Å²) in [5, 5.41) is 0. The molecule has 0 saturated heterocycles. The third-order valence-corrected chi connectivity index (χ3v) is 3.69. The van der Waals surface area contributed by atoms with Gasteiger partial charge < -0.3 is 4.55 Å². The number of halogens is 2. The third-order valence-electron chi connectivity index (χ3n) is 2.33. The van der Waals surface area contributed by atoms with Gasteiger partial charge in [0.2, 0.25) is 5.92 Å². The van der Waals surface area contributed by atoms with Gasteiger partial charge in [0, 0.05) is 18.8 Å². The standard InChI is InChI=1S/C10H17F2NOS/c1-9(2,3)15(14)13-7-8-4-5-10(11,12)6-8/h7-8H,4-6H2,1-3H3. The minimum Gasteiger partial charge on any atom is -0.591 e. The lowest BCUT2D eigenvalue weighted by atomic mass is 10.1. The Morgan fingerprint density at radius 1 is 1.47 bits per heavy atom. The second-order valence-corrected chi connectivity index (χ2v) is 6.91. The summed E-state index contributed by atoms with van der Waals surface area (Å²) in [6, 6.07) is 0. The zero-order valence-corrected chi connectivity index (χ0v) is 10.1. The largest absolute Gasteiger partial charge is 0.591 e. The summed E-state index contributed by atoms with van der Waals surface area (Å²) in [6.07, 6.45) is 1.66. The first-order valence-corrected chi connectivity index (χ1v) is 6.15. The van der Waals surface area contributed by atoms with Crippen LogP contribution in [0.1, 0.15) is 40.0 Å². The molecule has 5 heteroatoms. The SMILES string of the molecule is CC(C)(C)[S+]([O-])N=CC1CCC(F)(F)C1. The molecule has 2 atom stereocenters. The number of alkyl halides is 2. The summed E-state index contributed by atoms with van der Waals surface area (Å²) in [4.78, 5) is 0. The van der Waals surface area contributed by atoms with Crippen molar-refractivity contribution in [3.63, 3.8) is 0 Å². The molecule has 2 unspecified atom stereocenters. The second-order valence-electron chi connectivity index (χ2n) is 4.97. The van der Waals surface area contributed by atoms with E-state index in [1.807, 2.05) is 20.8 Å². The summed E-state index contributed by atoms with van der Waals surface area (Å²) in [7, 11) is 0. The fraction of sp³-hybridized carbons (Fsp3) is 0.900. The van der Waals surface area contributed by atoms with E-state index in [-0.39, 0.29) is 18.8 Å². The van der Waals surface area contributed by atoms with Gasteiger partial charge in [-0.15, -0.1) is 0 Å². The highest BCUT2D eigenvalue weighted by molar-refractivity contribution is 7.91. The Morgan fingerprint density at radius 2 is 2.07 bits per heavy atom. The molecule has 88 valence electrons. The van der Waals surface area contributed by atoms with Gasteiger partial charge in [0.15, 0.2) is 0 Å². The average Bonchev–Trinajstić information content (AvgIpc) is 2.39. The molecule has 0 aromatic rings. The van der Waals surface area contributed by atoms with Crippen LogP contribution in [0.4, 0.5) is 8.78 Å². The highest BCUT2D eigenvalue weighted by atomic mass is 32.2. The summed E-state index contributed by atoms with van der Waals surface area (Å²) in [5.74, 6) is -2.77. The molecule has 1 rings (SSSR count). The van der Waals surface area contributed by atoms with Crippen LogP contribution in [0.2, 0.25) is 0 Å². The fourth-order valence-electron chi connectivity index (χ4n) is 1.41. The minimum atomic E-state index is -2.56. The fourth-order valence-corrected chi connectivity index (χ4v) is 2.01. The van der Waals surface area contributed by atoms with Crippen molar-refractivity contribution in [3.05, 3.63) is 0 Å². The van der Waals surface area contributed by atoms with E-state index in [4.69, 9.17) is 0 Å². The maximum atomic E-state index is 12.8. The molecule has 15 heavy (non-hydrogen) atoms. The Morgan fingerprint density at radius 3 is 2.47 bits per heavy atom. The first kappa shape index (κ1) is 12.9. The van der Waals surface area contributed by atoms with Crippen molar-refractivity contribution in [1.82, 2.24) is 0 Å². The first-order valence-electron chi connectivity index (χ1n) is 5.05. The van der Waals surface area contributed by atoms with Crippen LogP contribution in [0.15, 0.2) is 4.40 Å². The van der Waals surface area contributed by atoms with E-state index >= 15 is 0 Å². The molecule has 0 aromatic heterocycles. The van der Waals surface area contributed by atoms with Gasteiger partial charge in [0.05, 0.1) is 6.21 Å². The number of hydrogen-bond donors (Lipinski definition) is 0. The van der Waals surface area contributed by atoms with Crippen molar-refractivity contribution in [2.24, 2.45) is 10.3 Å². The zero-order chi connectivity index (χ0) is 11.7. The highest BCUT2D eigenvalue weighted by Crippen LogP contribution is 2.38. The Labute approximate surface area is 92.5 Å². The van der Waals surface area contributed by atoms with Crippen LogP contribution in [0.25, 0.3) is 0 Å². The zero-order valence-electron chi connectivity index (χ0n) is 9.30. The van der Waals surface area contributed by atoms with Crippen molar-refractivity contribution >= 4 is 17.6 Å². The first-order chi connectivity index (χ1) is 6.71. The summed E-state index contributed by atoms with van der Waals surface area (Å²) in [6.45, 7) is 5.43. The molecule has 0 aliphatic heterocycles. The van der Waals surface area contributed by atoms with Crippen molar-refractivity contribution < 1.29 is 13.3 Å². The number of hydrogen-bond acceptors (Lipinski definition) is 2. The molecule has 1 aliphatic rings. The molecular weight excluding hydrogens is 220 g/mol. The van der Waals surface area contributed by atoms with Crippen LogP contribution in [-0.2, 0) is 11.4 Å². The summed E-state index contributed by atoms with van der Waals surface area (Å²) in [5.41, 5.74) is 0. The molecule has 0 radical (unpaired) electrons. The molecular formula is C10H17F2NOS. The van der Waals surface area contributed by atoms with Crippen LogP contribution in [0.5, 0.6) is 0 Å². The van der Waals surface area contributed by atoms with Crippen LogP contribution >= 0.6 is 0 Å². The van der Waals surface area contributed by atoms with E-state index in [1.165, 1.54) is 6.21 Å². The van der Waals surface area contributed by atoms with Gasteiger partial charge in [-0.25, -0.2) is 8.78 Å². The minimum absolute atomic E-state index is 0.0775. The smallest absolute Gasteiger partial charge is 0.248 e. The monoisotopic (exact) mass is 237 g/mol. The topological polar surface area (TPSA) is 35.4 Å². The lowest BCUT2D eigenvalue weighted by molar-refractivity contribution is 0.00750. The lowest BCUT2D eigenvalue weighted by Crippen LogP contribution is -2.26. The van der Waals surface area contributed by atoms with Gasteiger partial charge in [-0.2, -0.15) is 0 Å². The molecule has 1 fully saturated rings. The Balaban J connectivity index is 2.46. The maximum absolute atomic E-state index is 12.8. The van der Waals surface area contributed by atoms with Crippen molar-refractivity contribution in [1.29, 1.82) is 0 Å². The van der Waals surface area contributed by atoms with Gasteiger partial charge in [-0.05, 0) is 27.2 Å². The van der Waals surface area contributed by atoms with Crippen LogP contribution in [-0.4, -0.2) is 21.4 Å². The molecule has 0 N–H and O–H groups in total. The highest BCUT2D eigenvalue weighted by Gasteiger charge is 2.39. The van der Waals surface area contributed by atoms with Gasteiger partial charge in [-0.1, -0.05) is 4.40 Å². The summed E-state index contributed by atoms with van der Waals surface area (Å²) >= 11 is -1.33. The van der Waals surface area contributed by atoms with Crippen molar-refractivity contribution in [3.8, 4) is 0 Å². The van der Waals surface area contributed by atoms with Crippen LogP contribution in [0.3, 0.4) is 0 Å². The maximum Gasteiger partial charge on any atom is 0.248 e. The van der Waals surface area contributed by atoms with Crippen LogP contribution in [0, 0.1) is 5.92 Å².